The van der Waals surface area contributed by atoms with Gasteiger partial charge in [-0.3, -0.25) is 10.1 Å². The largest absolute Gasteiger partial charge is 0.451 e. The predicted molar refractivity (Wildman–Crippen MR) is 127 cm³/mol. The van der Waals surface area contributed by atoms with Crippen molar-refractivity contribution in [3.63, 3.8) is 0 Å². The van der Waals surface area contributed by atoms with Crippen LogP contribution in [0.25, 0.3) is 11.0 Å². The van der Waals surface area contributed by atoms with Gasteiger partial charge in [0.1, 0.15) is 11.4 Å². The van der Waals surface area contributed by atoms with Crippen molar-refractivity contribution in [2.75, 3.05) is 5.32 Å². The molecule has 6 nitrogen and oxygen atoms in total. The normalized spacial score (nSPS) is 11.1. The minimum Gasteiger partial charge on any atom is -0.451 e. The van der Waals surface area contributed by atoms with Gasteiger partial charge in [0.15, 0.2) is 16.0 Å². The maximum atomic E-state index is 13.9. The number of amides is 1. The number of halogens is 1. The number of furan rings is 1. The van der Waals surface area contributed by atoms with Crippen LogP contribution in [-0.4, -0.2) is 20.9 Å². The van der Waals surface area contributed by atoms with Gasteiger partial charge in [0.05, 0.1) is 0 Å². The van der Waals surface area contributed by atoms with E-state index in [4.69, 9.17) is 4.42 Å². The molecule has 0 bridgehead atoms. The summed E-state index contributed by atoms with van der Waals surface area (Å²) in [6.45, 7) is 0. The zero-order valence-corrected chi connectivity index (χ0v) is 18.8. The number of nitrogens with zero attached hydrogens (tertiary/aromatic N) is 3. The Hall–Kier alpha value is -3.56. The number of nitrogens with one attached hydrogen (secondary N) is 1. The van der Waals surface area contributed by atoms with E-state index < -0.39 is 0 Å². The maximum Gasteiger partial charge on any atom is 0.293 e. The Balaban J connectivity index is 1.36. The lowest BCUT2D eigenvalue weighted by Crippen LogP contribution is -2.12. The summed E-state index contributed by atoms with van der Waals surface area (Å²) in [5.74, 6) is 0.0524. The number of thioether (sulfide) groups is 1. The highest BCUT2D eigenvalue weighted by molar-refractivity contribution is 7.98. The molecule has 0 atom stereocenters. The number of hydrogen-bond acceptors (Lipinski definition) is 7. The van der Waals surface area contributed by atoms with Gasteiger partial charge in [0.25, 0.3) is 5.91 Å². The van der Waals surface area contributed by atoms with Gasteiger partial charge in [-0.25, -0.2) is 19.3 Å². The molecule has 5 rings (SSSR count). The van der Waals surface area contributed by atoms with Crippen LogP contribution >= 0.6 is 23.1 Å². The van der Waals surface area contributed by atoms with Crippen molar-refractivity contribution in [3.05, 3.63) is 101 Å². The van der Waals surface area contributed by atoms with E-state index in [2.05, 4.69) is 20.3 Å². The van der Waals surface area contributed by atoms with Crippen LogP contribution in [0.1, 0.15) is 26.6 Å². The van der Waals surface area contributed by atoms with Crippen LogP contribution in [0.4, 0.5) is 9.52 Å². The average Bonchev–Trinajstić information content (AvgIpc) is 3.44. The lowest BCUT2D eigenvalue weighted by Gasteiger charge is -2.03. The number of benzene rings is 2. The van der Waals surface area contributed by atoms with E-state index in [9.17, 15) is 9.18 Å². The molecule has 0 radical (unpaired) electrons. The van der Waals surface area contributed by atoms with Crippen LogP contribution in [0.15, 0.2) is 82.8 Å². The number of aromatic nitrogens is 3. The molecule has 2 aromatic carbocycles. The minimum atomic E-state index is -0.387. The van der Waals surface area contributed by atoms with Gasteiger partial charge in [0, 0.05) is 46.6 Å². The molecule has 0 aliphatic rings. The van der Waals surface area contributed by atoms with Gasteiger partial charge in [-0.1, -0.05) is 48.2 Å². The van der Waals surface area contributed by atoms with E-state index in [-0.39, 0.29) is 17.5 Å². The number of carbonyl (C=O) groups is 1. The molecule has 5 aromatic rings. The molecule has 164 valence electrons. The highest BCUT2D eigenvalue weighted by Gasteiger charge is 2.22. The van der Waals surface area contributed by atoms with Gasteiger partial charge < -0.3 is 4.42 Å². The topological polar surface area (TPSA) is 80.9 Å². The summed E-state index contributed by atoms with van der Waals surface area (Å²) in [5, 5.41) is 4.73. The van der Waals surface area contributed by atoms with Crippen molar-refractivity contribution in [1.29, 1.82) is 0 Å². The van der Waals surface area contributed by atoms with Gasteiger partial charge in [-0.05, 0) is 23.8 Å². The third-order valence-electron chi connectivity index (χ3n) is 4.89. The second kappa shape index (κ2) is 9.51. The molecule has 0 saturated carbocycles. The van der Waals surface area contributed by atoms with Crippen molar-refractivity contribution in [2.45, 2.75) is 17.3 Å². The fourth-order valence-electron chi connectivity index (χ4n) is 3.35. The van der Waals surface area contributed by atoms with Gasteiger partial charge in [0.2, 0.25) is 0 Å². The van der Waals surface area contributed by atoms with E-state index >= 15 is 0 Å². The van der Waals surface area contributed by atoms with E-state index in [1.54, 1.807) is 42.9 Å². The molecule has 0 aliphatic carbocycles. The van der Waals surface area contributed by atoms with E-state index in [1.165, 1.54) is 29.2 Å². The summed E-state index contributed by atoms with van der Waals surface area (Å²) >= 11 is 2.73. The third kappa shape index (κ3) is 4.79. The Kier molecular flexibility index (Phi) is 6.14. The molecule has 0 aliphatic heterocycles. The molecule has 0 fully saturated rings. The molecule has 0 saturated heterocycles. The highest BCUT2D eigenvalue weighted by Crippen LogP contribution is 2.32. The van der Waals surface area contributed by atoms with Gasteiger partial charge in [-0.15, -0.1) is 11.3 Å². The lowest BCUT2D eigenvalue weighted by molar-refractivity contribution is 0.0998. The Morgan fingerprint density at radius 3 is 2.67 bits per heavy atom. The molecular formula is C24H17FN4O2S2. The second-order valence-electron chi connectivity index (χ2n) is 7.08. The molecule has 1 amide bonds. The zero-order chi connectivity index (χ0) is 22.6. The first-order valence-electron chi connectivity index (χ1n) is 10.1. The molecular weight excluding hydrogens is 459 g/mol. The molecule has 0 spiro atoms. The molecule has 3 heterocycles. The van der Waals surface area contributed by atoms with E-state index in [0.717, 1.165) is 15.8 Å². The molecule has 0 unspecified atom stereocenters. The monoisotopic (exact) mass is 476 g/mol. The van der Waals surface area contributed by atoms with E-state index in [1.807, 2.05) is 24.3 Å². The molecule has 9 heteroatoms. The standard InChI is InChI=1S/C24H17FN4O2S2/c25-19-8-3-1-6-15(19)12-16-13-28-24(33-16)29-22(30)21-18(14-32-23-26-10-5-11-27-23)17-7-2-4-9-20(17)31-21/h1-11,13H,12,14H2,(H,28,29,30). The number of thiazole rings is 1. The molecule has 3 aromatic heterocycles. The fraction of sp³-hybridized carbons (Fsp3) is 0.0833. The first-order chi connectivity index (χ1) is 16.2. The highest BCUT2D eigenvalue weighted by atomic mass is 32.2. The number of rotatable bonds is 7. The minimum absolute atomic E-state index is 0.227. The number of hydrogen-bond donors (Lipinski definition) is 1. The van der Waals surface area contributed by atoms with Crippen LogP contribution in [0.3, 0.4) is 0 Å². The van der Waals surface area contributed by atoms with Crippen LogP contribution in [0, 0.1) is 5.82 Å². The van der Waals surface area contributed by atoms with E-state index in [0.29, 0.717) is 33.6 Å². The van der Waals surface area contributed by atoms with Crippen molar-refractivity contribution in [3.8, 4) is 0 Å². The number of carbonyl (C=O) groups excluding carboxylic acids is 1. The van der Waals surface area contributed by atoms with Crippen LogP contribution < -0.4 is 5.32 Å². The zero-order valence-electron chi connectivity index (χ0n) is 17.2. The van der Waals surface area contributed by atoms with Gasteiger partial charge in [-0.2, -0.15) is 0 Å². The molecule has 1 N–H and O–H groups in total. The SMILES string of the molecule is O=C(Nc1ncc(Cc2ccccc2F)s1)c1oc2ccccc2c1CSc1ncccn1. The molecule has 33 heavy (non-hydrogen) atoms. The van der Waals surface area contributed by atoms with Crippen molar-refractivity contribution < 1.29 is 13.6 Å². The first-order valence-corrected chi connectivity index (χ1v) is 11.9. The summed E-state index contributed by atoms with van der Waals surface area (Å²) in [7, 11) is 0. The fourth-order valence-corrected chi connectivity index (χ4v) is 5.01. The summed E-state index contributed by atoms with van der Waals surface area (Å²) in [4.78, 5) is 26.7. The first kappa shape index (κ1) is 21.3. The Bertz CT molecular complexity index is 1420. The Morgan fingerprint density at radius 1 is 1.03 bits per heavy atom. The van der Waals surface area contributed by atoms with Crippen molar-refractivity contribution >= 4 is 45.1 Å². The Labute approximate surface area is 196 Å². The summed E-state index contributed by atoms with van der Waals surface area (Å²) in [6.07, 6.45) is 5.41. The van der Waals surface area contributed by atoms with Crippen LogP contribution in [0.5, 0.6) is 0 Å². The summed E-state index contributed by atoms with van der Waals surface area (Å²) < 4.78 is 19.8. The van der Waals surface area contributed by atoms with Crippen molar-refractivity contribution in [1.82, 2.24) is 15.0 Å². The number of fused-ring (bicyclic) bond motifs is 1. The maximum absolute atomic E-state index is 13.9. The predicted octanol–water partition coefficient (Wildman–Crippen LogP) is 5.95. The quantitative estimate of drug-likeness (QED) is 0.231. The third-order valence-corrected chi connectivity index (χ3v) is 6.70. The summed E-state index contributed by atoms with van der Waals surface area (Å²) in [5.41, 5.74) is 1.98. The number of anilines is 1. The smallest absolute Gasteiger partial charge is 0.293 e. The van der Waals surface area contributed by atoms with Crippen molar-refractivity contribution in [2.24, 2.45) is 0 Å². The Morgan fingerprint density at radius 2 is 1.82 bits per heavy atom. The van der Waals surface area contributed by atoms with Crippen LogP contribution in [0.2, 0.25) is 0 Å². The number of para-hydroxylation sites is 1. The van der Waals surface area contributed by atoms with Crippen LogP contribution in [-0.2, 0) is 12.2 Å². The summed E-state index contributed by atoms with van der Waals surface area (Å²) in [6, 6.07) is 15.9. The van der Waals surface area contributed by atoms with Gasteiger partial charge >= 0.3 is 0 Å². The second-order valence-corrected chi connectivity index (χ2v) is 9.14. The lowest BCUT2D eigenvalue weighted by atomic mass is 10.1. The average molecular weight is 477 g/mol.